The van der Waals surface area contributed by atoms with Crippen molar-refractivity contribution < 1.29 is 17.9 Å². The van der Waals surface area contributed by atoms with Gasteiger partial charge in [0.05, 0.1) is 18.3 Å². The second-order valence-electron chi connectivity index (χ2n) is 6.65. The third-order valence-electron chi connectivity index (χ3n) is 4.75. The summed E-state index contributed by atoms with van der Waals surface area (Å²) in [7, 11) is -3.99. The second kappa shape index (κ2) is 7.87. The van der Waals surface area contributed by atoms with Crippen LogP contribution in [0.1, 0.15) is 28.1 Å². The SMILES string of the molecule is O=C1/C(=C/NC[C@H]2CCCO2)S(=O)(=O)N(Cc2ccc(Cl)cc2)c2ccsc21. The van der Waals surface area contributed by atoms with Gasteiger partial charge in [0.15, 0.2) is 4.91 Å². The number of hydrogen-bond acceptors (Lipinski definition) is 6. The number of ketones is 1. The standard InChI is InChI=1S/C19H19ClN2O4S2/c20-14-5-3-13(4-6-14)12-22-16-7-9-27-19(16)18(23)17(28(22,24)25)11-21-10-15-2-1-8-26-15/h3-7,9,11,15,21H,1-2,8,10,12H2/b17-11-/t15-/m1/s1. The number of thiophene rings is 1. The van der Waals surface area contributed by atoms with Gasteiger partial charge in [0.25, 0.3) is 10.0 Å². The Balaban J connectivity index is 1.64. The fraction of sp³-hybridized carbons (Fsp3) is 0.316. The molecule has 6 nitrogen and oxygen atoms in total. The number of nitrogens with one attached hydrogen (secondary N) is 1. The molecule has 28 heavy (non-hydrogen) atoms. The molecular weight excluding hydrogens is 420 g/mol. The van der Waals surface area contributed by atoms with Crippen molar-refractivity contribution in [1.82, 2.24) is 5.32 Å². The molecular formula is C19H19ClN2O4S2. The highest BCUT2D eigenvalue weighted by Crippen LogP contribution is 2.39. The van der Waals surface area contributed by atoms with Crippen LogP contribution in [0.4, 0.5) is 5.69 Å². The zero-order chi connectivity index (χ0) is 19.7. The summed E-state index contributed by atoms with van der Waals surface area (Å²) < 4.78 is 33.3. The lowest BCUT2D eigenvalue weighted by Crippen LogP contribution is -2.39. The van der Waals surface area contributed by atoms with Gasteiger partial charge >= 0.3 is 0 Å². The van der Waals surface area contributed by atoms with Crippen LogP contribution in [0.2, 0.25) is 5.02 Å². The fourth-order valence-corrected chi connectivity index (χ4v) is 5.93. The van der Waals surface area contributed by atoms with Crippen molar-refractivity contribution in [3.05, 3.63) is 62.3 Å². The predicted octanol–water partition coefficient (Wildman–Crippen LogP) is 3.54. The quantitative estimate of drug-likeness (QED) is 0.722. The van der Waals surface area contributed by atoms with E-state index in [9.17, 15) is 13.2 Å². The maximum atomic E-state index is 13.2. The predicted molar refractivity (Wildman–Crippen MR) is 110 cm³/mol. The first-order valence-corrected chi connectivity index (χ1v) is 11.6. The lowest BCUT2D eigenvalue weighted by molar-refractivity contribution is 0.104. The third kappa shape index (κ3) is 3.69. The van der Waals surface area contributed by atoms with Crippen LogP contribution in [0.3, 0.4) is 0 Å². The molecule has 1 aromatic carbocycles. The molecule has 0 radical (unpaired) electrons. The lowest BCUT2D eigenvalue weighted by atomic mass is 10.2. The van der Waals surface area contributed by atoms with E-state index >= 15 is 0 Å². The molecule has 0 aliphatic carbocycles. The third-order valence-corrected chi connectivity index (χ3v) is 7.67. The van der Waals surface area contributed by atoms with E-state index in [-0.39, 0.29) is 17.6 Å². The molecule has 1 N–H and O–H groups in total. The molecule has 0 bridgehead atoms. The van der Waals surface area contributed by atoms with E-state index in [1.165, 1.54) is 21.8 Å². The largest absolute Gasteiger partial charge is 0.387 e. The van der Waals surface area contributed by atoms with Crippen LogP contribution in [0, 0.1) is 0 Å². The molecule has 1 fully saturated rings. The van der Waals surface area contributed by atoms with Crippen molar-refractivity contribution in [3.63, 3.8) is 0 Å². The van der Waals surface area contributed by atoms with Crippen LogP contribution in [0.25, 0.3) is 0 Å². The van der Waals surface area contributed by atoms with Gasteiger partial charge in [0.2, 0.25) is 5.78 Å². The molecule has 148 valence electrons. The van der Waals surface area contributed by atoms with Crippen LogP contribution < -0.4 is 9.62 Å². The number of sulfonamides is 1. The molecule has 2 aromatic rings. The summed E-state index contributed by atoms with van der Waals surface area (Å²) in [6.07, 6.45) is 3.28. The lowest BCUT2D eigenvalue weighted by Gasteiger charge is -2.29. The smallest absolute Gasteiger partial charge is 0.270 e. The Morgan fingerprint density at radius 2 is 2.07 bits per heavy atom. The van der Waals surface area contributed by atoms with Crippen molar-refractivity contribution in [1.29, 1.82) is 0 Å². The molecule has 0 spiro atoms. The summed E-state index contributed by atoms with van der Waals surface area (Å²) in [6.45, 7) is 1.31. The summed E-state index contributed by atoms with van der Waals surface area (Å²) in [4.78, 5) is 13.0. The fourth-order valence-electron chi connectivity index (χ4n) is 3.30. The number of anilines is 1. The van der Waals surface area contributed by atoms with Crippen LogP contribution >= 0.6 is 22.9 Å². The van der Waals surface area contributed by atoms with E-state index in [0.29, 0.717) is 28.7 Å². The van der Waals surface area contributed by atoms with Gasteiger partial charge in [-0.2, -0.15) is 0 Å². The molecule has 0 saturated carbocycles. The number of nitrogens with zero attached hydrogens (tertiary/aromatic N) is 1. The Kier molecular flexibility index (Phi) is 5.46. The zero-order valence-corrected chi connectivity index (χ0v) is 17.3. The van der Waals surface area contributed by atoms with E-state index in [1.54, 1.807) is 35.7 Å². The van der Waals surface area contributed by atoms with E-state index in [1.807, 2.05) is 0 Å². The maximum Gasteiger partial charge on any atom is 0.270 e. The summed E-state index contributed by atoms with van der Waals surface area (Å²) in [5.41, 5.74) is 1.20. The van der Waals surface area contributed by atoms with Crippen molar-refractivity contribution in [3.8, 4) is 0 Å². The van der Waals surface area contributed by atoms with E-state index in [4.69, 9.17) is 16.3 Å². The molecule has 0 amide bonds. The maximum absolute atomic E-state index is 13.2. The summed E-state index contributed by atoms with van der Waals surface area (Å²) >= 11 is 7.17. The van der Waals surface area contributed by atoms with Crippen molar-refractivity contribution in [2.45, 2.75) is 25.5 Å². The molecule has 0 unspecified atom stereocenters. The van der Waals surface area contributed by atoms with E-state index < -0.39 is 15.8 Å². The summed E-state index contributed by atoms with van der Waals surface area (Å²) in [5.74, 6) is -0.475. The van der Waals surface area contributed by atoms with Gasteiger partial charge in [0.1, 0.15) is 4.88 Å². The Bertz CT molecular complexity index is 1010. The number of ether oxygens (including phenoxy) is 1. The Hall–Kier alpha value is -1.87. The Morgan fingerprint density at radius 3 is 2.79 bits per heavy atom. The average Bonchev–Trinajstić information content (AvgIpc) is 3.35. The number of Topliss-reactive ketones (excluding diaryl/α,β-unsaturated/α-hetero) is 1. The average molecular weight is 439 g/mol. The topological polar surface area (TPSA) is 75.7 Å². The number of allylic oxidation sites excluding steroid dienone is 1. The monoisotopic (exact) mass is 438 g/mol. The van der Waals surface area contributed by atoms with E-state index in [0.717, 1.165) is 18.4 Å². The molecule has 1 aromatic heterocycles. The molecule has 1 atom stereocenters. The number of carbonyl (C=O) groups excluding carboxylic acids is 1. The summed E-state index contributed by atoms with van der Waals surface area (Å²) in [6, 6.07) is 8.65. The van der Waals surface area contributed by atoms with Gasteiger partial charge in [-0.05, 0) is 42.0 Å². The second-order valence-corrected chi connectivity index (χ2v) is 9.84. The number of fused-ring (bicyclic) bond motifs is 1. The summed E-state index contributed by atoms with van der Waals surface area (Å²) in [5, 5.41) is 5.28. The van der Waals surface area contributed by atoms with Crippen LogP contribution in [0.5, 0.6) is 0 Å². The van der Waals surface area contributed by atoms with E-state index in [2.05, 4.69) is 5.32 Å². The first-order chi connectivity index (χ1) is 13.5. The van der Waals surface area contributed by atoms with Gasteiger partial charge in [-0.3, -0.25) is 9.10 Å². The van der Waals surface area contributed by atoms with Gasteiger partial charge in [-0.25, -0.2) is 8.42 Å². The molecule has 3 heterocycles. The zero-order valence-electron chi connectivity index (χ0n) is 14.9. The Morgan fingerprint density at radius 1 is 1.29 bits per heavy atom. The van der Waals surface area contributed by atoms with Gasteiger partial charge < -0.3 is 10.1 Å². The minimum atomic E-state index is -3.99. The van der Waals surface area contributed by atoms with Gasteiger partial charge in [-0.1, -0.05) is 23.7 Å². The van der Waals surface area contributed by atoms with Crippen LogP contribution in [-0.4, -0.2) is 33.5 Å². The first kappa shape index (κ1) is 19.4. The molecule has 2 aliphatic rings. The number of carbonyl (C=O) groups is 1. The van der Waals surface area contributed by atoms with Crippen molar-refractivity contribution in [2.24, 2.45) is 0 Å². The van der Waals surface area contributed by atoms with Crippen molar-refractivity contribution >= 4 is 44.4 Å². The minimum Gasteiger partial charge on any atom is -0.387 e. The van der Waals surface area contributed by atoms with Crippen LogP contribution in [-0.2, 0) is 21.3 Å². The number of hydrogen-bond donors (Lipinski definition) is 1. The number of rotatable bonds is 5. The van der Waals surface area contributed by atoms with Crippen LogP contribution in [0.15, 0.2) is 46.8 Å². The van der Waals surface area contributed by atoms with Gasteiger partial charge in [-0.15, -0.1) is 11.3 Å². The van der Waals surface area contributed by atoms with Crippen molar-refractivity contribution in [2.75, 3.05) is 17.5 Å². The van der Waals surface area contributed by atoms with Gasteiger partial charge in [0, 0.05) is 24.4 Å². The highest BCUT2D eigenvalue weighted by molar-refractivity contribution is 7.97. The highest BCUT2D eigenvalue weighted by atomic mass is 35.5. The molecule has 2 aliphatic heterocycles. The first-order valence-electron chi connectivity index (χ1n) is 8.91. The highest BCUT2D eigenvalue weighted by Gasteiger charge is 2.41. The normalized spacial score (nSPS) is 22.5. The number of halogens is 1. The molecule has 9 heteroatoms. The minimum absolute atomic E-state index is 0.0423. The molecule has 4 rings (SSSR count). The Labute approximate surface area is 172 Å². The molecule has 1 saturated heterocycles. The number of benzene rings is 1.